The molecule has 0 fully saturated rings. The molecule has 0 radical (unpaired) electrons. The van der Waals surface area contributed by atoms with E-state index in [0.29, 0.717) is 0 Å². The largest absolute Gasteiger partial charge is 0.366 e. The Hall–Kier alpha value is -1.67. The van der Waals surface area contributed by atoms with Crippen LogP contribution in [0.25, 0.3) is 0 Å². The summed E-state index contributed by atoms with van der Waals surface area (Å²) in [6.07, 6.45) is 0. The lowest BCUT2D eigenvalue weighted by atomic mass is 10.4. The quantitative estimate of drug-likeness (QED) is 0.488. The molecule has 6 heteroatoms. The predicted octanol–water partition coefficient (Wildman–Crippen LogP) is 1.51. The number of nitro groups is 1. The maximum absolute atomic E-state index is 10.2. The molecule has 1 aromatic rings. The molecule has 0 aliphatic carbocycles. The molecule has 0 saturated heterocycles. The van der Waals surface area contributed by atoms with Crippen LogP contribution < -0.4 is 0 Å². The summed E-state index contributed by atoms with van der Waals surface area (Å²) >= 11 is 5.48. The Bertz CT molecular complexity index is 372. The zero-order valence-electron chi connectivity index (χ0n) is 5.69. The fraction of sp³-hybridized carbons (Fsp3) is 0. The minimum Gasteiger partial charge on any atom is -0.358 e. The third-order valence-electron chi connectivity index (χ3n) is 1.08. The predicted molar refractivity (Wildman–Crippen MR) is 40.6 cm³/mol. The molecule has 0 unspecified atom stereocenters. The number of nitriles is 1. The van der Waals surface area contributed by atoms with Gasteiger partial charge in [0.2, 0.25) is 0 Å². The summed E-state index contributed by atoms with van der Waals surface area (Å²) in [6, 6.07) is 4.01. The van der Waals surface area contributed by atoms with Gasteiger partial charge >= 0.3 is 5.82 Å². The van der Waals surface area contributed by atoms with Crippen molar-refractivity contribution < 1.29 is 4.92 Å². The molecule has 0 aliphatic heterocycles. The van der Waals surface area contributed by atoms with Crippen molar-refractivity contribution in [3.63, 3.8) is 0 Å². The first kappa shape index (κ1) is 8.43. The van der Waals surface area contributed by atoms with Crippen molar-refractivity contribution in [1.29, 1.82) is 5.26 Å². The van der Waals surface area contributed by atoms with Gasteiger partial charge in [-0.3, -0.25) is 0 Å². The molecule has 0 bridgehead atoms. The zero-order valence-corrected chi connectivity index (χ0v) is 6.45. The van der Waals surface area contributed by atoms with Crippen LogP contribution in [0.4, 0.5) is 5.82 Å². The highest BCUT2D eigenvalue weighted by atomic mass is 35.5. The summed E-state index contributed by atoms with van der Waals surface area (Å²) in [5.74, 6) is -0.418. The van der Waals surface area contributed by atoms with Gasteiger partial charge in [0.05, 0.1) is 11.1 Å². The van der Waals surface area contributed by atoms with Gasteiger partial charge in [0.1, 0.15) is 6.07 Å². The molecule has 0 atom stereocenters. The Kier molecular flexibility index (Phi) is 2.21. The molecule has 0 spiro atoms. The smallest absolute Gasteiger partial charge is 0.358 e. The highest BCUT2D eigenvalue weighted by Crippen LogP contribution is 2.16. The molecule has 0 saturated carbocycles. The Morgan fingerprint density at radius 3 is 2.83 bits per heavy atom. The van der Waals surface area contributed by atoms with Crippen LogP contribution in [0.1, 0.15) is 5.69 Å². The highest BCUT2D eigenvalue weighted by molar-refractivity contribution is 6.30. The lowest BCUT2D eigenvalue weighted by Gasteiger charge is -1.91. The van der Waals surface area contributed by atoms with Crippen LogP contribution in [0.15, 0.2) is 12.1 Å². The second kappa shape index (κ2) is 3.15. The molecule has 5 nitrogen and oxygen atoms in total. The number of rotatable bonds is 1. The first-order valence-electron chi connectivity index (χ1n) is 2.85. The lowest BCUT2D eigenvalue weighted by Crippen LogP contribution is -1.93. The molecule has 12 heavy (non-hydrogen) atoms. The van der Waals surface area contributed by atoms with Gasteiger partial charge in [-0.15, -0.1) is 0 Å². The van der Waals surface area contributed by atoms with Gasteiger partial charge in [-0.1, -0.05) is 11.6 Å². The fourth-order valence-corrected chi connectivity index (χ4v) is 0.835. The van der Waals surface area contributed by atoms with Crippen molar-refractivity contribution in [2.24, 2.45) is 0 Å². The lowest BCUT2D eigenvalue weighted by molar-refractivity contribution is -0.389. The second-order valence-electron chi connectivity index (χ2n) is 1.90. The summed E-state index contributed by atoms with van der Waals surface area (Å²) in [4.78, 5) is 12.9. The monoisotopic (exact) mass is 183 g/mol. The minimum atomic E-state index is -0.702. The normalized spacial score (nSPS) is 9.00. The number of pyridine rings is 1. The highest BCUT2D eigenvalue weighted by Gasteiger charge is 2.11. The van der Waals surface area contributed by atoms with Gasteiger partial charge in [0, 0.05) is 6.07 Å². The van der Waals surface area contributed by atoms with Crippen molar-refractivity contribution in [3.05, 3.63) is 33.0 Å². The van der Waals surface area contributed by atoms with Gasteiger partial charge in [-0.05, 0) is 9.91 Å². The average molecular weight is 184 g/mol. The van der Waals surface area contributed by atoms with Gasteiger partial charge in [-0.25, -0.2) is 0 Å². The first-order chi connectivity index (χ1) is 5.63. The van der Waals surface area contributed by atoms with E-state index in [9.17, 15) is 10.1 Å². The molecule has 0 amide bonds. The summed E-state index contributed by atoms with van der Waals surface area (Å²) in [6.45, 7) is 0. The Morgan fingerprint density at radius 2 is 2.33 bits per heavy atom. The van der Waals surface area contributed by atoms with Gasteiger partial charge < -0.3 is 10.1 Å². The summed E-state index contributed by atoms with van der Waals surface area (Å²) < 4.78 is 0. The number of nitrogens with zero attached hydrogens (tertiary/aromatic N) is 3. The Labute approximate surface area is 72.4 Å². The minimum absolute atomic E-state index is 0.0609. The van der Waals surface area contributed by atoms with E-state index in [1.54, 1.807) is 6.07 Å². The van der Waals surface area contributed by atoms with Crippen LogP contribution in [-0.4, -0.2) is 9.91 Å². The average Bonchev–Trinajstić information content (AvgIpc) is 2.03. The SMILES string of the molecule is N#Cc1cc(Cl)cc([N+](=O)[O-])n1. The Morgan fingerprint density at radius 1 is 1.67 bits per heavy atom. The molecule has 1 rings (SSSR count). The van der Waals surface area contributed by atoms with E-state index >= 15 is 0 Å². The standard InChI is InChI=1S/C6H2ClN3O2/c7-4-1-5(3-8)9-6(2-4)10(11)12/h1-2H. The van der Waals surface area contributed by atoms with Crippen LogP contribution in [0.3, 0.4) is 0 Å². The van der Waals surface area contributed by atoms with E-state index < -0.39 is 10.7 Å². The number of hydrogen-bond acceptors (Lipinski definition) is 4. The van der Waals surface area contributed by atoms with Gasteiger partial charge in [0.25, 0.3) is 5.69 Å². The van der Waals surface area contributed by atoms with Crippen LogP contribution in [-0.2, 0) is 0 Å². The van der Waals surface area contributed by atoms with Crippen LogP contribution >= 0.6 is 11.6 Å². The maximum Gasteiger partial charge on any atom is 0.366 e. The molecule has 1 heterocycles. The second-order valence-corrected chi connectivity index (χ2v) is 2.33. The first-order valence-corrected chi connectivity index (χ1v) is 3.23. The molecule has 60 valence electrons. The summed E-state index contributed by atoms with van der Waals surface area (Å²) in [7, 11) is 0. The maximum atomic E-state index is 10.2. The number of halogens is 1. The van der Waals surface area contributed by atoms with E-state index in [0.717, 1.165) is 6.07 Å². The fourth-order valence-electron chi connectivity index (χ4n) is 0.634. The van der Waals surface area contributed by atoms with E-state index in [1.807, 2.05) is 0 Å². The van der Waals surface area contributed by atoms with Gasteiger partial charge in [-0.2, -0.15) is 5.26 Å². The zero-order chi connectivity index (χ0) is 9.14. The van der Waals surface area contributed by atoms with Crippen molar-refractivity contribution in [1.82, 2.24) is 4.98 Å². The molecule has 1 aromatic heterocycles. The van der Waals surface area contributed by atoms with E-state index in [1.165, 1.54) is 6.07 Å². The van der Waals surface area contributed by atoms with Crippen molar-refractivity contribution >= 4 is 17.4 Å². The van der Waals surface area contributed by atoms with Crippen LogP contribution in [0, 0.1) is 21.4 Å². The number of hydrogen-bond donors (Lipinski definition) is 0. The Balaban J connectivity index is 3.26. The van der Waals surface area contributed by atoms with Crippen molar-refractivity contribution in [3.8, 4) is 6.07 Å². The van der Waals surface area contributed by atoms with Gasteiger partial charge in [0.15, 0.2) is 0 Å². The van der Waals surface area contributed by atoms with E-state index in [-0.39, 0.29) is 10.7 Å². The van der Waals surface area contributed by atoms with Crippen LogP contribution in [0.5, 0.6) is 0 Å². The van der Waals surface area contributed by atoms with Crippen molar-refractivity contribution in [2.75, 3.05) is 0 Å². The third-order valence-corrected chi connectivity index (χ3v) is 1.30. The summed E-state index contributed by atoms with van der Waals surface area (Å²) in [5.41, 5.74) is -0.0609. The molecular formula is C6H2ClN3O2. The van der Waals surface area contributed by atoms with E-state index in [4.69, 9.17) is 16.9 Å². The summed E-state index contributed by atoms with van der Waals surface area (Å²) in [5, 5.41) is 18.7. The third kappa shape index (κ3) is 1.68. The van der Waals surface area contributed by atoms with Crippen LogP contribution in [0.2, 0.25) is 5.02 Å². The molecule has 0 aromatic carbocycles. The van der Waals surface area contributed by atoms with E-state index in [2.05, 4.69) is 4.98 Å². The molecular weight excluding hydrogens is 182 g/mol. The molecule has 0 aliphatic rings. The molecule has 0 N–H and O–H groups in total. The topological polar surface area (TPSA) is 79.8 Å². The number of aromatic nitrogens is 1. The van der Waals surface area contributed by atoms with Crippen molar-refractivity contribution in [2.45, 2.75) is 0 Å².